The molecule has 0 saturated heterocycles. The Morgan fingerprint density at radius 2 is 1.81 bits per heavy atom. The van der Waals surface area contributed by atoms with Gasteiger partial charge in [0.25, 0.3) is 0 Å². The maximum absolute atomic E-state index is 12.3. The van der Waals surface area contributed by atoms with E-state index in [2.05, 4.69) is 15.0 Å². The van der Waals surface area contributed by atoms with Crippen LogP contribution in [-0.2, 0) is 4.79 Å². The molecule has 0 atom stereocenters. The number of nitrogens with one attached hydrogen (secondary N) is 1. The van der Waals surface area contributed by atoms with Crippen molar-refractivity contribution in [3.05, 3.63) is 78.4 Å². The second-order valence-electron chi connectivity index (χ2n) is 7.65. The molecule has 2 heterocycles. The average Bonchev–Trinajstić information content (AvgIpc) is 3.13. The molecule has 4 aromatic rings. The number of hydrogen-bond acceptors (Lipinski definition) is 6. The number of likely N-dealkylation sites (N-methyl/N-ethyl adjacent to an activating group) is 2. The number of rotatable bonds is 6. The number of fused-ring (bicyclic) bond motifs is 1. The molecule has 8 heteroatoms. The number of nitrogens with zero attached hydrogens (tertiary/aromatic N) is 5. The molecule has 2 aromatic heterocycles. The standard InChI is InChI=1S/C24H24N6O2/c1-29(2)15-21(31)30(3)17-10-8-16(9-11-17)27-23(20-14-25-12-13-26-20)22-18-6-4-5-7-19(18)28-24(22)32/h4-14,28,32H,15H2,1-3H3. The number of aromatic hydroxyl groups is 1. The van der Waals surface area contributed by atoms with Crippen molar-refractivity contribution in [3.63, 3.8) is 0 Å². The maximum atomic E-state index is 12.3. The minimum Gasteiger partial charge on any atom is -0.494 e. The van der Waals surface area contributed by atoms with Gasteiger partial charge in [0.15, 0.2) is 5.88 Å². The molecule has 0 spiro atoms. The summed E-state index contributed by atoms with van der Waals surface area (Å²) < 4.78 is 0. The Bertz CT molecular complexity index is 1260. The van der Waals surface area contributed by atoms with Crippen LogP contribution in [0.25, 0.3) is 10.9 Å². The highest BCUT2D eigenvalue weighted by molar-refractivity contribution is 6.21. The number of carbonyl (C=O) groups is 1. The summed E-state index contributed by atoms with van der Waals surface area (Å²) in [6, 6.07) is 15.0. The highest BCUT2D eigenvalue weighted by Gasteiger charge is 2.19. The largest absolute Gasteiger partial charge is 0.494 e. The molecule has 0 aliphatic carbocycles. The van der Waals surface area contributed by atoms with Crippen molar-refractivity contribution in [1.29, 1.82) is 0 Å². The van der Waals surface area contributed by atoms with Gasteiger partial charge in [-0.2, -0.15) is 0 Å². The fourth-order valence-electron chi connectivity index (χ4n) is 3.43. The van der Waals surface area contributed by atoms with Gasteiger partial charge in [0.05, 0.1) is 24.0 Å². The van der Waals surface area contributed by atoms with Crippen LogP contribution in [-0.4, -0.2) is 64.3 Å². The summed E-state index contributed by atoms with van der Waals surface area (Å²) in [7, 11) is 5.47. The summed E-state index contributed by atoms with van der Waals surface area (Å²) in [4.78, 5) is 32.1. The number of anilines is 1. The Labute approximate surface area is 185 Å². The number of para-hydroxylation sites is 1. The Morgan fingerprint density at radius 3 is 2.50 bits per heavy atom. The van der Waals surface area contributed by atoms with E-state index in [0.717, 1.165) is 16.6 Å². The number of aliphatic imine (C=N–C) groups is 1. The molecular formula is C24H24N6O2. The van der Waals surface area contributed by atoms with Gasteiger partial charge < -0.3 is 19.9 Å². The van der Waals surface area contributed by atoms with Gasteiger partial charge in [0, 0.05) is 36.0 Å². The number of aromatic nitrogens is 3. The second kappa shape index (κ2) is 8.99. The zero-order valence-corrected chi connectivity index (χ0v) is 18.1. The predicted octanol–water partition coefficient (Wildman–Crippen LogP) is 3.36. The third kappa shape index (κ3) is 4.35. The molecule has 0 radical (unpaired) electrons. The summed E-state index contributed by atoms with van der Waals surface area (Å²) in [6.45, 7) is 0.326. The van der Waals surface area contributed by atoms with E-state index < -0.39 is 0 Å². The van der Waals surface area contributed by atoms with E-state index >= 15 is 0 Å². The Hall–Kier alpha value is -4.04. The number of amides is 1. The first-order valence-corrected chi connectivity index (χ1v) is 10.1. The van der Waals surface area contributed by atoms with Crippen molar-refractivity contribution in [2.45, 2.75) is 0 Å². The van der Waals surface area contributed by atoms with E-state index in [1.54, 1.807) is 30.5 Å². The van der Waals surface area contributed by atoms with E-state index in [1.165, 1.54) is 0 Å². The predicted molar refractivity (Wildman–Crippen MR) is 126 cm³/mol. The van der Waals surface area contributed by atoms with Crippen molar-refractivity contribution in [2.75, 3.05) is 32.6 Å². The Kier molecular flexibility index (Phi) is 5.96. The van der Waals surface area contributed by atoms with Crippen molar-refractivity contribution < 1.29 is 9.90 Å². The lowest BCUT2D eigenvalue weighted by Gasteiger charge is -2.19. The van der Waals surface area contributed by atoms with Crippen LogP contribution in [0, 0.1) is 0 Å². The molecule has 32 heavy (non-hydrogen) atoms. The van der Waals surface area contributed by atoms with Crippen LogP contribution in [0.5, 0.6) is 5.88 Å². The van der Waals surface area contributed by atoms with E-state index in [4.69, 9.17) is 4.99 Å². The average molecular weight is 428 g/mol. The zero-order valence-electron chi connectivity index (χ0n) is 18.1. The van der Waals surface area contributed by atoms with Crippen LogP contribution < -0.4 is 4.90 Å². The minimum absolute atomic E-state index is 0.00443. The Balaban J connectivity index is 1.75. The SMILES string of the molecule is CN(C)CC(=O)N(C)c1ccc(N=C(c2cnccn2)c2c(O)[nH]c3ccccc23)cc1. The van der Waals surface area contributed by atoms with Crippen molar-refractivity contribution >= 4 is 33.9 Å². The monoisotopic (exact) mass is 428 g/mol. The lowest BCUT2D eigenvalue weighted by Crippen LogP contribution is -2.34. The molecule has 4 rings (SSSR count). The van der Waals surface area contributed by atoms with Gasteiger partial charge >= 0.3 is 0 Å². The Morgan fingerprint density at radius 1 is 1.06 bits per heavy atom. The van der Waals surface area contributed by atoms with E-state index in [9.17, 15) is 9.90 Å². The van der Waals surface area contributed by atoms with Crippen LogP contribution in [0.4, 0.5) is 11.4 Å². The molecular weight excluding hydrogens is 404 g/mol. The van der Waals surface area contributed by atoms with Crippen LogP contribution in [0.15, 0.2) is 72.1 Å². The molecule has 8 nitrogen and oxygen atoms in total. The van der Waals surface area contributed by atoms with Gasteiger partial charge in [-0.05, 0) is 44.4 Å². The van der Waals surface area contributed by atoms with E-state index in [0.29, 0.717) is 29.2 Å². The van der Waals surface area contributed by atoms with Gasteiger partial charge in [-0.15, -0.1) is 0 Å². The van der Waals surface area contributed by atoms with Gasteiger partial charge in [0.2, 0.25) is 5.91 Å². The van der Waals surface area contributed by atoms with Gasteiger partial charge in [-0.25, -0.2) is 4.99 Å². The normalized spacial score (nSPS) is 11.8. The molecule has 1 amide bonds. The van der Waals surface area contributed by atoms with Crippen molar-refractivity contribution in [1.82, 2.24) is 19.9 Å². The van der Waals surface area contributed by atoms with Gasteiger partial charge in [-0.3, -0.25) is 14.8 Å². The molecule has 2 aromatic carbocycles. The number of hydrogen-bond donors (Lipinski definition) is 2. The van der Waals surface area contributed by atoms with Crippen molar-refractivity contribution in [3.8, 4) is 5.88 Å². The molecule has 162 valence electrons. The van der Waals surface area contributed by atoms with E-state index in [1.807, 2.05) is 67.5 Å². The quantitative estimate of drug-likeness (QED) is 0.459. The third-order valence-corrected chi connectivity index (χ3v) is 5.03. The first-order chi connectivity index (χ1) is 15.4. The lowest BCUT2D eigenvalue weighted by molar-refractivity contribution is -0.118. The van der Waals surface area contributed by atoms with Crippen LogP contribution in [0.1, 0.15) is 11.3 Å². The van der Waals surface area contributed by atoms with E-state index in [-0.39, 0.29) is 11.8 Å². The first-order valence-electron chi connectivity index (χ1n) is 10.1. The molecule has 0 fully saturated rings. The molecule has 0 unspecified atom stereocenters. The maximum Gasteiger partial charge on any atom is 0.240 e. The fourth-order valence-corrected chi connectivity index (χ4v) is 3.43. The summed E-state index contributed by atoms with van der Waals surface area (Å²) >= 11 is 0. The first kappa shape index (κ1) is 21.2. The summed E-state index contributed by atoms with van der Waals surface area (Å²) in [5, 5.41) is 11.5. The fraction of sp³-hybridized carbons (Fsp3) is 0.167. The summed E-state index contributed by atoms with van der Waals surface area (Å²) in [5.74, 6) is 0.0106. The smallest absolute Gasteiger partial charge is 0.240 e. The molecule has 0 aliphatic heterocycles. The molecule has 0 aliphatic rings. The zero-order chi connectivity index (χ0) is 22.7. The minimum atomic E-state index is -0.00443. The topological polar surface area (TPSA) is 97.7 Å². The highest BCUT2D eigenvalue weighted by Crippen LogP contribution is 2.31. The third-order valence-electron chi connectivity index (χ3n) is 5.03. The number of benzene rings is 2. The summed E-state index contributed by atoms with van der Waals surface area (Å²) in [6.07, 6.45) is 4.79. The highest BCUT2D eigenvalue weighted by atomic mass is 16.3. The van der Waals surface area contributed by atoms with Gasteiger partial charge in [-0.1, -0.05) is 18.2 Å². The number of carbonyl (C=O) groups excluding carboxylic acids is 1. The second-order valence-corrected chi connectivity index (χ2v) is 7.65. The summed E-state index contributed by atoms with van der Waals surface area (Å²) in [5.41, 5.74) is 3.82. The van der Waals surface area contributed by atoms with Crippen molar-refractivity contribution in [2.24, 2.45) is 4.99 Å². The number of H-pyrrole nitrogens is 1. The lowest BCUT2D eigenvalue weighted by atomic mass is 10.1. The van der Waals surface area contributed by atoms with Crippen LogP contribution in [0.2, 0.25) is 0 Å². The van der Waals surface area contributed by atoms with Crippen LogP contribution >= 0.6 is 0 Å². The number of aromatic amines is 1. The van der Waals surface area contributed by atoms with Gasteiger partial charge in [0.1, 0.15) is 11.4 Å². The molecule has 0 bridgehead atoms. The van der Waals surface area contributed by atoms with Crippen LogP contribution in [0.3, 0.4) is 0 Å². The molecule has 0 saturated carbocycles. The molecule has 2 N–H and O–H groups in total.